The molecule has 0 heterocycles. The minimum absolute atomic E-state index is 0.0222. The number of azo groups is 1. The maximum Gasteiger partial charge on any atom is 0.353 e. The van der Waals surface area contributed by atoms with Crippen LogP contribution in [0, 0.1) is 10.1 Å². The van der Waals surface area contributed by atoms with Crippen molar-refractivity contribution in [3.63, 3.8) is 0 Å². The van der Waals surface area contributed by atoms with Crippen LogP contribution >= 0.6 is 10.7 Å². The molecule has 216 valence electrons. The molecule has 18 heteroatoms. The number of hydrogen-bond donors (Lipinski definition) is 3. The van der Waals surface area contributed by atoms with Gasteiger partial charge in [-0.1, -0.05) is 30.3 Å². The summed E-state index contributed by atoms with van der Waals surface area (Å²) in [6.07, 6.45) is 0.886. The lowest BCUT2D eigenvalue weighted by molar-refractivity contribution is -0.385. The number of rotatable bonds is 7. The second kappa shape index (κ2) is 12.1. The molecular weight excluding hydrogens is 624 g/mol. The molecule has 0 atom stereocenters. The van der Waals surface area contributed by atoms with Crippen molar-refractivity contribution in [2.45, 2.75) is 9.79 Å². The van der Waals surface area contributed by atoms with E-state index in [-0.39, 0.29) is 38.5 Å². The van der Waals surface area contributed by atoms with Gasteiger partial charge in [0.15, 0.2) is 9.84 Å². The zero-order chi connectivity index (χ0) is 30.6. The highest BCUT2D eigenvalue weighted by Crippen LogP contribution is 2.39. The van der Waals surface area contributed by atoms with Crippen LogP contribution in [0.1, 0.15) is 0 Å². The third kappa shape index (κ3) is 8.41. The van der Waals surface area contributed by atoms with E-state index in [9.17, 15) is 32.1 Å². The lowest BCUT2D eigenvalue weighted by atomic mass is 10.1. The van der Waals surface area contributed by atoms with Gasteiger partial charge in [0.2, 0.25) is 0 Å². The molecule has 0 aliphatic rings. The smallest absolute Gasteiger partial charge is 0.353 e. The predicted octanol–water partition coefficient (Wildman–Crippen LogP) is 5.10. The summed E-state index contributed by atoms with van der Waals surface area (Å²) < 4.78 is 77.9. The number of sulfone groups is 1. The van der Waals surface area contributed by atoms with E-state index in [1.165, 1.54) is 30.3 Å². The zero-order valence-corrected chi connectivity index (χ0v) is 23.8. The summed E-state index contributed by atoms with van der Waals surface area (Å²) in [4.78, 5) is 9.98. The van der Waals surface area contributed by atoms with Gasteiger partial charge in [-0.25, -0.2) is 16.8 Å². The summed E-state index contributed by atoms with van der Waals surface area (Å²) in [5.74, 6) is -0.142. The standard InChI is InChI=1S/C23H18N4O7S2.ClHO3S/c1-35(31,32)22-14-15(27(29)30)10-11-18(22)24-25-19-12-13-21(28)17-8-5-9-20(23(17)19)26-36(33,34)16-6-3-2-4-7-16;1-5(2,3)4/h2-14,26,28H,1H3;(H,2,3,4). The van der Waals surface area contributed by atoms with E-state index in [2.05, 4.69) is 25.6 Å². The van der Waals surface area contributed by atoms with Gasteiger partial charge in [0.05, 0.1) is 21.2 Å². The van der Waals surface area contributed by atoms with Gasteiger partial charge < -0.3 is 5.11 Å². The van der Waals surface area contributed by atoms with E-state index in [1.807, 2.05) is 0 Å². The summed E-state index contributed by atoms with van der Waals surface area (Å²) in [6, 6.07) is 18.1. The number of sulfonamides is 1. The fourth-order valence-corrected chi connectivity index (χ4v) is 5.36. The van der Waals surface area contributed by atoms with Crippen molar-refractivity contribution < 1.29 is 39.8 Å². The molecule has 0 unspecified atom stereocenters. The number of nitrogens with one attached hydrogen (secondary N) is 1. The number of nitro groups is 1. The minimum atomic E-state index is -4.19. The second-order valence-electron chi connectivity index (χ2n) is 8.04. The van der Waals surface area contributed by atoms with E-state index >= 15 is 0 Å². The summed E-state index contributed by atoms with van der Waals surface area (Å²) in [5, 5.41) is 30.0. The Bertz CT molecular complexity index is 1980. The van der Waals surface area contributed by atoms with Gasteiger partial charge in [0.1, 0.15) is 16.3 Å². The molecule has 0 spiro atoms. The fraction of sp³-hybridized carbons (Fsp3) is 0.0435. The SMILES string of the molecule is CS(=O)(=O)c1cc([N+](=O)[O-])ccc1N=Nc1ccc(O)c2cccc(NS(=O)(=O)c3ccccc3)c12.O=S(=O)(O)Cl. The van der Waals surface area contributed by atoms with E-state index < -0.39 is 44.7 Å². The third-order valence-corrected chi connectivity index (χ3v) is 7.62. The first-order valence-electron chi connectivity index (χ1n) is 10.9. The quantitative estimate of drug-likeness (QED) is 0.0794. The molecule has 0 bridgehead atoms. The van der Waals surface area contributed by atoms with Crippen molar-refractivity contribution in [2.24, 2.45) is 10.2 Å². The number of benzene rings is 4. The van der Waals surface area contributed by atoms with Crippen LogP contribution in [0.3, 0.4) is 0 Å². The molecule has 0 aliphatic heterocycles. The largest absolute Gasteiger partial charge is 0.507 e. The second-order valence-corrected chi connectivity index (χ2v) is 13.7. The molecule has 0 radical (unpaired) electrons. The van der Waals surface area contributed by atoms with Crippen molar-refractivity contribution >= 4 is 73.4 Å². The average molecular weight is 643 g/mol. The Labute approximate surface area is 238 Å². The van der Waals surface area contributed by atoms with Crippen LogP contribution in [0.15, 0.2) is 98.9 Å². The van der Waals surface area contributed by atoms with Gasteiger partial charge in [-0.3, -0.25) is 19.4 Å². The number of non-ortho nitro benzene ring substituents is 1. The fourth-order valence-electron chi connectivity index (χ4n) is 3.45. The molecule has 4 aromatic rings. The Kier molecular flexibility index (Phi) is 9.30. The summed E-state index contributed by atoms with van der Waals surface area (Å²) in [7, 11) is -8.02. The first-order valence-corrected chi connectivity index (χ1v) is 16.5. The molecule has 14 nitrogen and oxygen atoms in total. The number of phenolic OH excluding ortho intramolecular Hbond substituents is 1. The van der Waals surface area contributed by atoms with Crippen LogP contribution in [0.5, 0.6) is 5.75 Å². The zero-order valence-electron chi connectivity index (χ0n) is 20.6. The molecule has 4 aromatic carbocycles. The van der Waals surface area contributed by atoms with Crippen molar-refractivity contribution in [3.8, 4) is 5.75 Å². The summed E-state index contributed by atoms with van der Waals surface area (Å²) in [6.45, 7) is 0. The highest BCUT2D eigenvalue weighted by Gasteiger charge is 2.20. The normalized spacial score (nSPS) is 12.1. The number of anilines is 1. The Balaban J connectivity index is 0.000000850. The molecule has 0 saturated heterocycles. The van der Waals surface area contributed by atoms with Gasteiger partial charge in [0, 0.05) is 39.8 Å². The number of halogens is 1. The van der Waals surface area contributed by atoms with Crippen LogP contribution in [-0.4, -0.2) is 46.1 Å². The number of fused-ring (bicyclic) bond motifs is 1. The van der Waals surface area contributed by atoms with Crippen molar-refractivity contribution in [1.29, 1.82) is 0 Å². The number of aromatic hydroxyl groups is 1. The number of nitrogens with zero attached hydrogens (tertiary/aromatic N) is 3. The molecule has 0 amide bonds. The van der Waals surface area contributed by atoms with Crippen LogP contribution in [0.25, 0.3) is 10.8 Å². The van der Waals surface area contributed by atoms with Crippen molar-refractivity contribution in [1.82, 2.24) is 0 Å². The molecule has 3 N–H and O–H groups in total. The topological polar surface area (TPSA) is 223 Å². The van der Waals surface area contributed by atoms with Gasteiger partial charge in [-0.05, 0) is 36.4 Å². The molecular formula is C23H19ClN4O10S3. The highest BCUT2D eigenvalue weighted by atomic mass is 35.7. The third-order valence-electron chi connectivity index (χ3n) is 5.11. The average Bonchev–Trinajstić information content (AvgIpc) is 2.87. The van der Waals surface area contributed by atoms with Crippen LogP contribution in [-0.2, 0) is 29.2 Å². The first kappa shape index (κ1) is 31.4. The molecule has 0 aliphatic carbocycles. The monoisotopic (exact) mass is 642 g/mol. The molecule has 0 fully saturated rings. The number of phenols is 1. The Morgan fingerprint density at radius 1 is 0.854 bits per heavy atom. The lowest BCUT2D eigenvalue weighted by Gasteiger charge is -2.13. The van der Waals surface area contributed by atoms with Gasteiger partial charge in [-0.2, -0.15) is 8.42 Å². The maximum absolute atomic E-state index is 12.9. The first-order chi connectivity index (χ1) is 19.0. The Morgan fingerprint density at radius 2 is 1.44 bits per heavy atom. The predicted molar refractivity (Wildman–Crippen MR) is 151 cm³/mol. The van der Waals surface area contributed by atoms with Crippen LogP contribution in [0.4, 0.5) is 22.7 Å². The molecule has 0 saturated carbocycles. The number of hydrogen-bond acceptors (Lipinski definition) is 11. The van der Waals surface area contributed by atoms with E-state index in [1.54, 1.807) is 30.3 Å². The Hall–Kier alpha value is -4.16. The summed E-state index contributed by atoms with van der Waals surface area (Å²) >= 11 is 0. The molecule has 4 rings (SSSR count). The summed E-state index contributed by atoms with van der Waals surface area (Å²) in [5.41, 5.74) is -0.353. The molecule has 41 heavy (non-hydrogen) atoms. The van der Waals surface area contributed by atoms with E-state index in [0.29, 0.717) is 0 Å². The van der Waals surface area contributed by atoms with Gasteiger partial charge in [-0.15, -0.1) is 10.2 Å². The highest BCUT2D eigenvalue weighted by molar-refractivity contribution is 8.09. The van der Waals surface area contributed by atoms with Crippen molar-refractivity contribution in [3.05, 3.63) is 89.0 Å². The van der Waals surface area contributed by atoms with E-state index in [4.69, 9.17) is 13.0 Å². The van der Waals surface area contributed by atoms with Crippen LogP contribution < -0.4 is 4.72 Å². The van der Waals surface area contributed by atoms with Crippen molar-refractivity contribution in [2.75, 3.05) is 11.0 Å². The van der Waals surface area contributed by atoms with Gasteiger partial charge in [0.25, 0.3) is 15.7 Å². The number of nitro benzene ring substituents is 1. The van der Waals surface area contributed by atoms with Gasteiger partial charge >= 0.3 is 9.33 Å². The minimum Gasteiger partial charge on any atom is -0.507 e. The van der Waals surface area contributed by atoms with E-state index in [0.717, 1.165) is 24.5 Å². The molecule has 0 aromatic heterocycles. The lowest BCUT2D eigenvalue weighted by Crippen LogP contribution is -2.13. The maximum atomic E-state index is 12.9. The van der Waals surface area contributed by atoms with Crippen LogP contribution in [0.2, 0.25) is 0 Å². The Morgan fingerprint density at radius 3 is 2.02 bits per heavy atom.